The number of hydrogen-bond acceptors (Lipinski definition) is 9. The predicted molar refractivity (Wildman–Crippen MR) is 219 cm³/mol. The van der Waals surface area contributed by atoms with E-state index >= 15 is 0 Å². The number of nitrogens with two attached hydrogens (primary N) is 1. The highest BCUT2D eigenvalue weighted by atomic mass is 16.2. The van der Waals surface area contributed by atoms with Crippen LogP contribution in [0.15, 0.2) is 131 Å². The molecule has 16 heteroatoms. The highest BCUT2D eigenvalue weighted by Crippen LogP contribution is 2.31. The summed E-state index contributed by atoms with van der Waals surface area (Å²) in [5.74, 6) is 0. The minimum atomic E-state index is -0.330. The normalized spacial score (nSPS) is 10.6. The number of pyridine rings is 2. The summed E-state index contributed by atoms with van der Waals surface area (Å²) in [5.41, 5.74) is 17.3. The van der Waals surface area contributed by atoms with Gasteiger partial charge in [0.25, 0.3) is 11.1 Å². The van der Waals surface area contributed by atoms with Gasteiger partial charge in [-0.15, -0.1) is 10.2 Å². The van der Waals surface area contributed by atoms with Crippen molar-refractivity contribution in [3.05, 3.63) is 154 Å². The van der Waals surface area contributed by atoms with Crippen LogP contribution < -0.4 is 27.7 Å². The predicted octanol–water partition coefficient (Wildman–Crippen LogP) is 4.26. The average Bonchev–Trinajstić information content (AvgIpc) is 3.97. The zero-order chi connectivity index (χ0) is 40.9. The summed E-state index contributed by atoms with van der Waals surface area (Å²) < 4.78 is 9.00. The maximum atomic E-state index is 13.1. The van der Waals surface area contributed by atoms with Gasteiger partial charge in [-0.1, -0.05) is 36.4 Å². The van der Waals surface area contributed by atoms with Crippen molar-refractivity contribution >= 4 is 62.4 Å². The van der Waals surface area contributed by atoms with Crippen molar-refractivity contribution in [1.82, 2.24) is 43.9 Å². The molecule has 16 nitrogen and oxygen atoms in total. The van der Waals surface area contributed by atoms with Crippen molar-refractivity contribution in [2.24, 2.45) is 14.1 Å². The van der Waals surface area contributed by atoms with E-state index in [9.17, 15) is 29.7 Å². The summed E-state index contributed by atoms with van der Waals surface area (Å²) >= 11 is 0. The zero-order valence-corrected chi connectivity index (χ0v) is 30.9. The first-order chi connectivity index (χ1) is 28.2. The van der Waals surface area contributed by atoms with E-state index in [1.807, 2.05) is 119 Å². The molecule has 0 unspecified atom stereocenters. The van der Waals surface area contributed by atoms with Crippen molar-refractivity contribution < 1.29 is 9.59 Å². The molecule has 0 atom stereocenters. The fraction of sp³-hybridized carbons (Fsp3) is 0.0476. The lowest BCUT2D eigenvalue weighted by Crippen LogP contribution is -2.28. The Hall–Kier alpha value is -8.76. The van der Waals surface area contributed by atoms with Crippen molar-refractivity contribution in [1.29, 1.82) is 10.5 Å². The molecule has 58 heavy (non-hydrogen) atoms. The molecule has 0 saturated carbocycles. The van der Waals surface area contributed by atoms with Crippen LogP contribution in [0.2, 0.25) is 0 Å². The van der Waals surface area contributed by atoms with Gasteiger partial charge < -0.3 is 14.9 Å². The molecule has 4 N–H and O–H groups in total. The number of aromatic nitrogens is 7. The topological polar surface area (TPSA) is 216 Å². The number of rotatable bonds is 6. The fourth-order valence-corrected chi connectivity index (χ4v) is 6.88. The molecule has 0 saturated heterocycles. The zero-order valence-electron chi connectivity index (χ0n) is 30.9. The Kier molecular flexibility index (Phi) is 10.3. The largest absolute Gasteiger partial charge is 0.399 e. The summed E-state index contributed by atoms with van der Waals surface area (Å²) in [7, 11) is 3.87. The highest BCUT2D eigenvalue weighted by molar-refractivity contribution is 6.08. The number of amides is 2. The quantitative estimate of drug-likeness (QED) is 0.0952. The Labute approximate surface area is 328 Å². The third-order valence-corrected chi connectivity index (χ3v) is 9.54. The fourth-order valence-electron chi connectivity index (χ4n) is 6.88. The Morgan fingerprint density at radius 1 is 0.586 bits per heavy atom. The number of aryl methyl sites for hydroxylation is 2. The van der Waals surface area contributed by atoms with Crippen molar-refractivity contribution in [2.75, 3.05) is 5.73 Å². The van der Waals surface area contributed by atoms with E-state index in [1.165, 1.54) is 0 Å². The third kappa shape index (κ3) is 6.65. The van der Waals surface area contributed by atoms with E-state index in [4.69, 9.17) is 5.73 Å². The Bertz CT molecular complexity index is 3190. The monoisotopic (exact) mass is 768 g/mol. The van der Waals surface area contributed by atoms with E-state index in [2.05, 4.69) is 10.2 Å². The van der Waals surface area contributed by atoms with Crippen molar-refractivity contribution in [2.45, 2.75) is 0 Å². The van der Waals surface area contributed by atoms with Gasteiger partial charge in [0.15, 0.2) is 0 Å². The van der Waals surface area contributed by atoms with Crippen LogP contribution in [0.4, 0.5) is 5.69 Å². The minimum absolute atomic E-state index is 0.112. The number of fused-ring (bicyclic) bond motifs is 6. The maximum absolute atomic E-state index is 13.1. The van der Waals surface area contributed by atoms with E-state index in [0.717, 1.165) is 49.6 Å². The summed E-state index contributed by atoms with van der Waals surface area (Å²) in [4.78, 5) is 44.4. The summed E-state index contributed by atoms with van der Waals surface area (Å²) in [6.07, 6.45) is 3.96. The van der Waals surface area contributed by atoms with E-state index < -0.39 is 0 Å². The van der Waals surface area contributed by atoms with Gasteiger partial charge in [0.2, 0.25) is 12.8 Å². The van der Waals surface area contributed by atoms with E-state index in [-0.39, 0.29) is 22.2 Å². The molecule has 2 amide bonds. The molecule has 0 fully saturated rings. The number of benzene rings is 4. The van der Waals surface area contributed by atoms with Crippen LogP contribution in [0.3, 0.4) is 0 Å². The molecule has 0 aliphatic carbocycles. The molecule has 0 radical (unpaired) electrons. The standard InChI is InChI=1S/C21H14N6O.C19H14N4O.C2H4N2O2/c1-25-18-5-3-2-4-17(18)20-19(25)10-14(11-22)21(28)27(20)16-8-6-15(7-9-16)26-12-23-24-13-26;1-22-16-5-3-2-4-15(16)18-17(22)10-12(11-20)19(24)23(18)14-8-6-13(21)7-9-14;5-1-3-4-2-6/h2-10,12-13H,1H3;2-10H,21H2,1H3;1-2H,(H,3,5)(H,4,6). The second-order valence-corrected chi connectivity index (χ2v) is 12.7. The number of nitrogens with one attached hydrogen (secondary N) is 2. The molecule has 9 rings (SSSR count). The smallest absolute Gasteiger partial charge is 0.273 e. The molecular formula is C42H32N12O4. The van der Waals surface area contributed by atoms with E-state index in [0.29, 0.717) is 29.9 Å². The first-order valence-electron chi connectivity index (χ1n) is 17.5. The molecule has 0 bridgehead atoms. The van der Waals surface area contributed by atoms with Gasteiger partial charge in [-0.05, 0) is 72.8 Å². The molecule has 4 aromatic carbocycles. The summed E-state index contributed by atoms with van der Waals surface area (Å²) in [6, 6.07) is 37.7. The van der Waals surface area contributed by atoms with Gasteiger partial charge >= 0.3 is 0 Å². The number of nitrogen functional groups attached to an aromatic ring is 1. The molecular weight excluding hydrogens is 737 g/mol. The molecule has 5 aromatic heterocycles. The number of para-hydroxylation sites is 2. The third-order valence-electron chi connectivity index (χ3n) is 9.54. The first-order valence-corrected chi connectivity index (χ1v) is 17.5. The lowest BCUT2D eigenvalue weighted by atomic mass is 10.2. The van der Waals surface area contributed by atoms with Gasteiger partial charge in [-0.25, -0.2) is 0 Å². The van der Waals surface area contributed by atoms with Gasteiger partial charge in [-0.2, -0.15) is 10.5 Å². The highest BCUT2D eigenvalue weighted by Gasteiger charge is 2.19. The lowest BCUT2D eigenvalue weighted by molar-refractivity contribution is -0.116. The maximum Gasteiger partial charge on any atom is 0.273 e. The number of hydrazine groups is 1. The SMILES string of the molecule is Cn1c2ccccc2c2c1cc(C#N)c(=O)n2-c1ccc(-n2cnnc2)cc1.Cn1c2ccccc2c2c1cc(C#N)c(=O)n2-c1ccc(N)cc1.O=CNNC=O. The number of carbonyl (C=O) groups is 2. The number of nitriles is 2. The van der Waals surface area contributed by atoms with Crippen molar-refractivity contribution in [3.63, 3.8) is 0 Å². The summed E-state index contributed by atoms with van der Waals surface area (Å²) in [5, 5.41) is 28.4. The van der Waals surface area contributed by atoms with Crippen LogP contribution in [0.1, 0.15) is 11.1 Å². The molecule has 0 spiro atoms. The Morgan fingerprint density at radius 3 is 1.40 bits per heavy atom. The molecule has 5 heterocycles. The average molecular weight is 769 g/mol. The molecule has 9 aromatic rings. The van der Waals surface area contributed by atoms with E-state index in [1.54, 1.807) is 62.8 Å². The van der Waals surface area contributed by atoms with Crippen LogP contribution in [0.5, 0.6) is 0 Å². The molecule has 284 valence electrons. The van der Waals surface area contributed by atoms with Crippen LogP contribution in [-0.2, 0) is 23.7 Å². The second kappa shape index (κ2) is 15.9. The minimum Gasteiger partial charge on any atom is -0.399 e. The number of anilines is 1. The second-order valence-electron chi connectivity index (χ2n) is 12.7. The van der Waals surface area contributed by atoms with Crippen molar-refractivity contribution in [3.8, 4) is 29.2 Å². The number of carbonyl (C=O) groups excluding carboxylic acids is 2. The lowest BCUT2D eigenvalue weighted by Gasteiger charge is -2.11. The van der Waals surface area contributed by atoms with Gasteiger partial charge in [0.1, 0.15) is 35.9 Å². The van der Waals surface area contributed by atoms with Gasteiger partial charge in [-0.3, -0.25) is 43.7 Å². The van der Waals surface area contributed by atoms with Crippen LogP contribution >= 0.6 is 0 Å². The van der Waals surface area contributed by atoms with Crippen LogP contribution in [-0.4, -0.2) is 45.9 Å². The Morgan fingerprint density at radius 2 is 0.983 bits per heavy atom. The van der Waals surface area contributed by atoms with Gasteiger partial charge in [0, 0.05) is 47.6 Å². The molecule has 0 aliphatic rings. The van der Waals surface area contributed by atoms with Crippen LogP contribution in [0, 0.1) is 22.7 Å². The summed E-state index contributed by atoms with van der Waals surface area (Å²) in [6.45, 7) is 0. The number of hydrogen-bond donors (Lipinski definition) is 3. The van der Waals surface area contributed by atoms with Gasteiger partial charge in [0.05, 0.1) is 33.1 Å². The molecule has 0 aliphatic heterocycles. The number of nitrogens with zero attached hydrogens (tertiary/aromatic N) is 9. The first kappa shape index (κ1) is 37.6. The van der Waals surface area contributed by atoms with Crippen LogP contribution in [0.25, 0.3) is 60.9 Å². The Balaban J connectivity index is 0.000000157.